The molecule has 8 rings (SSSR count). The van der Waals surface area contributed by atoms with Gasteiger partial charge in [-0.2, -0.15) is 0 Å². The van der Waals surface area contributed by atoms with E-state index in [1.54, 1.807) is 26.2 Å². The topological polar surface area (TPSA) is 139 Å². The molecule has 15 nitrogen and oxygen atoms in total. The molecule has 1 atom stereocenters. The van der Waals surface area contributed by atoms with Crippen molar-refractivity contribution < 1.29 is 33.4 Å². The lowest BCUT2D eigenvalue weighted by molar-refractivity contribution is -0.136. The molecule has 0 aromatic heterocycles. The number of nitrogens with zero attached hydrogens (tertiary/aromatic N) is 6. The van der Waals surface area contributed by atoms with Crippen molar-refractivity contribution in [1.82, 2.24) is 35.1 Å². The normalized spacial score (nSPS) is 22.2. The van der Waals surface area contributed by atoms with Crippen LogP contribution in [0.25, 0.3) is 5.57 Å². The number of piperazine rings is 1. The minimum atomic E-state index is -0.596. The highest BCUT2D eigenvalue weighted by Gasteiger charge is 2.39. The molecule has 1 unspecified atom stereocenters. The van der Waals surface area contributed by atoms with E-state index in [1.165, 1.54) is 12.0 Å². The summed E-state index contributed by atoms with van der Waals surface area (Å²) in [7, 11) is 7.15. The van der Waals surface area contributed by atoms with Crippen LogP contribution in [0.1, 0.15) is 65.6 Å². The summed E-state index contributed by atoms with van der Waals surface area (Å²) in [4.78, 5) is 63.0. The Kier molecular flexibility index (Phi) is 12.7. The lowest BCUT2D eigenvalue weighted by Crippen LogP contribution is -2.52. The molecule has 2 aromatic carbocycles. The van der Waals surface area contributed by atoms with Crippen LogP contribution in [-0.4, -0.2) is 155 Å². The number of carbonyl (C=O) groups is 4. The number of fused-ring (bicyclic) bond motifs is 1. The quantitative estimate of drug-likeness (QED) is 0.341. The Morgan fingerprint density at radius 2 is 1.65 bits per heavy atom. The number of rotatable bonds is 10. The van der Waals surface area contributed by atoms with Crippen molar-refractivity contribution in [1.29, 1.82) is 0 Å². The molecule has 0 spiro atoms. The second-order valence-electron chi connectivity index (χ2n) is 17.0. The number of ether oxygens (including phenoxy) is 3. The molecule has 60 heavy (non-hydrogen) atoms. The molecule has 0 aliphatic carbocycles. The zero-order valence-electron chi connectivity index (χ0n) is 35.6. The maximum atomic E-state index is 13.4. The lowest BCUT2D eigenvalue weighted by atomic mass is 9.88. The number of carbonyl (C=O) groups excluding carboxylic acids is 4. The Labute approximate surface area is 353 Å². The van der Waals surface area contributed by atoms with Gasteiger partial charge < -0.3 is 39.1 Å². The number of benzene rings is 2. The van der Waals surface area contributed by atoms with E-state index in [0.717, 1.165) is 117 Å². The van der Waals surface area contributed by atoms with Crippen LogP contribution in [0.5, 0.6) is 11.5 Å². The van der Waals surface area contributed by atoms with Crippen LogP contribution in [-0.2, 0) is 27.4 Å². The molecule has 0 saturated carbocycles. The van der Waals surface area contributed by atoms with Crippen LogP contribution in [0.4, 0.5) is 10.5 Å². The standard InChI is InChI=1S/C45H60N8O7/c1-46-45(57)52-16-12-35-33(24-52)28-60-29-48(2)26-37(35)32-21-40(58-3)38(41(22-32)59-4)27-50-14-10-30(11-15-50)9-13-49-17-19-51(20-18-49)34-6-5-31-25-53(44(56)36(31)23-34)39-7-8-42(54)47-43(39)55/h5-6,21-23,26,30,39H,7-20,24-25,27-29H2,1-4H3,(H,46,57)(H,47,54,55). The van der Waals surface area contributed by atoms with Crippen LogP contribution in [0, 0.1) is 5.92 Å². The monoisotopic (exact) mass is 824 g/mol. The molecule has 5 amide bonds. The van der Waals surface area contributed by atoms with Gasteiger partial charge in [-0.15, -0.1) is 0 Å². The first-order valence-electron chi connectivity index (χ1n) is 21.5. The third kappa shape index (κ3) is 8.84. The number of urea groups is 1. The second kappa shape index (κ2) is 18.2. The number of hydrogen-bond donors (Lipinski definition) is 2. The Balaban J connectivity index is 0.832. The fourth-order valence-electron chi connectivity index (χ4n) is 9.80. The van der Waals surface area contributed by atoms with Gasteiger partial charge >= 0.3 is 6.03 Å². The molecule has 322 valence electrons. The van der Waals surface area contributed by atoms with E-state index < -0.39 is 6.04 Å². The molecule has 6 aliphatic heterocycles. The number of methoxy groups -OCH3 is 2. The minimum Gasteiger partial charge on any atom is -0.496 e. The Hall–Kier alpha value is -5.12. The van der Waals surface area contributed by atoms with Crippen molar-refractivity contribution in [2.75, 3.05) is 105 Å². The van der Waals surface area contributed by atoms with Crippen LogP contribution in [0.2, 0.25) is 0 Å². The Bertz CT molecular complexity index is 2010. The number of piperidine rings is 2. The van der Waals surface area contributed by atoms with E-state index in [2.05, 4.69) is 54.6 Å². The summed E-state index contributed by atoms with van der Waals surface area (Å²) in [6.45, 7) is 10.2. The molecule has 15 heteroatoms. The maximum Gasteiger partial charge on any atom is 0.317 e. The largest absolute Gasteiger partial charge is 0.496 e. The molecular weight excluding hydrogens is 765 g/mol. The highest BCUT2D eigenvalue weighted by Crippen LogP contribution is 2.40. The van der Waals surface area contributed by atoms with Gasteiger partial charge in [0.2, 0.25) is 11.8 Å². The molecule has 3 saturated heterocycles. The fraction of sp³-hybridized carbons (Fsp3) is 0.556. The predicted molar refractivity (Wildman–Crippen MR) is 228 cm³/mol. The first-order chi connectivity index (χ1) is 29.1. The zero-order valence-corrected chi connectivity index (χ0v) is 35.6. The average molecular weight is 825 g/mol. The van der Waals surface area contributed by atoms with Crippen LogP contribution in [0.3, 0.4) is 0 Å². The summed E-state index contributed by atoms with van der Waals surface area (Å²) in [5.74, 6) is 1.54. The van der Waals surface area contributed by atoms with Gasteiger partial charge in [0.15, 0.2) is 0 Å². The second-order valence-corrected chi connectivity index (χ2v) is 17.0. The Morgan fingerprint density at radius 3 is 2.35 bits per heavy atom. The number of amides is 5. The van der Waals surface area contributed by atoms with E-state index in [4.69, 9.17) is 14.2 Å². The van der Waals surface area contributed by atoms with Crippen molar-refractivity contribution in [3.05, 3.63) is 69.9 Å². The van der Waals surface area contributed by atoms with Gasteiger partial charge in [0.05, 0.1) is 26.4 Å². The van der Waals surface area contributed by atoms with Gasteiger partial charge in [-0.25, -0.2) is 4.79 Å². The first kappa shape index (κ1) is 41.6. The Morgan fingerprint density at radius 1 is 0.900 bits per heavy atom. The summed E-state index contributed by atoms with van der Waals surface area (Å²) in [5, 5.41) is 5.15. The first-order valence-corrected chi connectivity index (χ1v) is 21.5. The maximum absolute atomic E-state index is 13.4. The van der Waals surface area contributed by atoms with E-state index in [1.807, 2.05) is 24.1 Å². The number of anilines is 1. The van der Waals surface area contributed by atoms with E-state index in [9.17, 15) is 19.2 Å². The predicted octanol–water partition coefficient (Wildman–Crippen LogP) is 3.49. The zero-order chi connectivity index (χ0) is 41.9. The van der Waals surface area contributed by atoms with Crippen molar-refractivity contribution in [2.24, 2.45) is 5.92 Å². The number of allylic oxidation sites excluding steroid dienone is 1. The van der Waals surface area contributed by atoms with Gasteiger partial charge in [0.25, 0.3) is 5.91 Å². The number of nitrogens with one attached hydrogen (secondary N) is 2. The van der Waals surface area contributed by atoms with E-state index in [0.29, 0.717) is 50.9 Å². The van der Waals surface area contributed by atoms with Crippen molar-refractivity contribution >= 4 is 35.0 Å². The highest BCUT2D eigenvalue weighted by molar-refractivity contribution is 6.05. The van der Waals surface area contributed by atoms with E-state index in [-0.39, 0.29) is 30.2 Å². The van der Waals surface area contributed by atoms with Crippen LogP contribution in [0.15, 0.2) is 47.7 Å². The molecule has 0 radical (unpaired) electrons. The summed E-state index contributed by atoms with van der Waals surface area (Å²) >= 11 is 0. The van der Waals surface area contributed by atoms with Gasteiger partial charge in [-0.1, -0.05) is 6.07 Å². The third-order valence-corrected chi connectivity index (χ3v) is 13.3. The van der Waals surface area contributed by atoms with Gasteiger partial charge in [0.1, 0.15) is 24.3 Å². The molecule has 6 aliphatic rings. The van der Waals surface area contributed by atoms with Gasteiger partial charge in [-0.3, -0.25) is 29.5 Å². The number of hydrogen-bond acceptors (Lipinski definition) is 11. The third-order valence-electron chi connectivity index (χ3n) is 13.3. The lowest BCUT2D eigenvalue weighted by Gasteiger charge is -2.38. The van der Waals surface area contributed by atoms with Crippen molar-refractivity contribution in [3.63, 3.8) is 0 Å². The summed E-state index contributed by atoms with van der Waals surface area (Å²) in [5.41, 5.74) is 8.18. The van der Waals surface area contributed by atoms with Crippen LogP contribution >= 0.6 is 0 Å². The fourth-order valence-corrected chi connectivity index (χ4v) is 9.80. The van der Waals surface area contributed by atoms with Gasteiger partial charge in [0, 0.05) is 95.9 Å². The molecule has 0 bridgehead atoms. The average Bonchev–Trinajstić information content (AvgIpc) is 3.59. The molecule has 3 fully saturated rings. The molecule has 2 aromatic rings. The summed E-state index contributed by atoms with van der Waals surface area (Å²) < 4.78 is 18.1. The van der Waals surface area contributed by atoms with E-state index >= 15 is 0 Å². The van der Waals surface area contributed by atoms with Crippen molar-refractivity contribution in [2.45, 2.75) is 57.7 Å². The van der Waals surface area contributed by atoms with Crippen LogP contribution < -0.4 is 25.0 Å². The molecular formula is C45H60N8O7. The summed E-state index contributed by atoms with van der Waals surface area (Å²) in [6, 6.07) is 9.73. The highest BCUT2D eigenvalue weighted by atomic mass is 16.5. The molecule has 6 heterocycles. The van der Waals surface area contributed by atoms with Crippen molar-refractivity contribution in [3.8, 4) is 11.5 Å². The number of likely N-dealkylation sites (tertiary alicyclic amines) is 1. The molecule has 2 N–H and O–H groups in total. The minimum absolute atomic E-state index is 0.0741. The summed E-state index contributed by atoms with van der Waals surface area (Å²) in [6.07, 6.45) is 7.01. The van der Waals surface area contributed by atoms with Gasteiger partial charge in [-0.05, 0) is 104 Å². The smallest absolute Gasteiger partial charge is 0.317 e. The number of imide groups is 1. The SMILES string of the molecule is CNC(=O)N1CCC2=C(COCN(C)C=C2c2cc(OC)c(CN3CCC(CCN4CCN(c5ccc6c(c5)C(=O)N(C5CCC(=O)NC5=O)C6)CC4)CC3)c(OC)c2)C1.